The van der Waals surface area contributed by atoms with Gasteiger partial charge in [-0.05, 0) is 32.1 Å². The van der Waals surface area contributed by atoms with Crippen LogP contribution in [0.15, 0.2) is 5.10 Å². The Morgan fingerprint density at radius 3 is 3.00 bits per heavy atom. The molecule has 2 aliphatic heterocycles. The van der Waals surface area contributed by atoms with Crippen molar-refractivity contribution in [1.29, 1.82) is 0 Å². The summed E-state index contributed by atoms with van der Waals surface area (Å²) >= 11 is 0. The maximum absolute atomic E-state index is 10.2. The molecule has 3 atom stereocenters. The zero-order valence-corrected chi connectivity index (χ0v) is 11.2. The van der Waals surface area contributed by atoms with Crippen molar-refractivity contribution in [3.8, 4) is 0 Å². The molecule has 4 heteroatoms. The molecule has 1 fully saturated rings. The summed E-state index contributed by atoms with van der Waals surface area (Å²) < 4.78 is 0. The monoisotopic (exact) mass is 239 g/mol. The van der Waals surface area contributed by atoms with Gasteiger partial charge in [0, 0.05) is 24.7 Å². The fraction of sp³-hybridized carbons (Fsp3) is 0.923. The van der Waals surface area contributed by atoms with Crippen molar-refractivity contribution in [3.63, 3.8) is 0 Å². The molecule has 0 aromatic heterocycles. The molecule has 2 N–H and O–H groups in total. The predicted octanol–water partition coefficient (Wildman–Crippen LogP) is 1.41. The SMILES string of the molecule is CC1=NNC2CCCN(C(O)CC(C)C)CC12. The van der Waals surface area contributed by atoms with Crippen molar-refractivity contribution in [2.24, 2.45) is 16.9 Å². The Morgan fingerprint density at radius 2 is 2.29 bits per heavy atom. The summed E-state index contributed by atoms with van der Waals surface area (Å²) in [6, 6.07) is 0.492. The fourth-order valence-corrected chi connectivity index (χ4v) is 2.87. The molecule has 0 spiro atoms. The molecule has 0 bridgehead atoms. The lowest BCUT2D eigenvalue weighted by Gasteiger charge is -2.29. The quantitative estimate of drug-likeness (QED) is 0.783. The van der Waals surface area contributed by atoms with E-state index < -0.39 is 0 Å². The standard InChI is InChI=1S/C13H25N3O/c1-9(2)7-13(17)16-6-4-5-12-11(8-16)10(3)14-15-12/h9,11-13,15,17H,4-8H2,1-3H3. The van der Waals surface area contributed by atoms with Gasteiger partial charge in [0.05, 0.1) is 6.04 Å². The molecule has 0 aliphatic carbocycles. The first kappa shape index (κ1) is 12.8. The van der Waals surface area contributed by atoms with Crippen LogP contribution < -0.4 is 5.43 Å². The van der Waals surface area contributed by atoms with Gasteiger partial charge in [0.1, 0.15) is 6.23 Å². The summed E-state index contributed by atoms with van der Waals surface area (Å²) in [4.78, 5) is 2.23. The van der Waals surface area contributed by atoms with Crippen molar-refractivity contribution in [1.82, 2.24) is 10.3 Å². The predicted molar refractivity (Wildman–Crippen MR) is 69.8 cm³/mol. The third-order valence-electron chi connectivity index (χ3n) is 3.92. The number of aliphatic hydroxyl groups excluding tert-OH is 1. The number of hydrogen-bond donors (Lipinski definition) is 2. The highest BCUT2D eigenvalue weighted by atomic mass is 16.3. The van der Waals surface area contributed by atoms with E-state index in [4.69, 9.17) is 0 Å². The number of aliphatic hydroxyl groups is 1. The minimum absolute atomic E-state index is 0.290. The van der Waals surface area contributed by atoms with Gasteiger partial charge in [-0.2, -0.15) is 5.10 Å². The number of nitrogens with one attached hydrogen (secondary N) is 1. The molecule has 0 amide bonds. The Balaban J connectivity index is 1.97. The van der Waals surface area contributed by atoms with Crippen LogP contribution in [-0.4, -0.2) is 41.1 Å². The molecule has 0 aromatic rings. The molecule has 0 saturated carbocycles. The van der Waals surface area contributed by atoms with Crippen LogP contribution in [0.4, 0.5) is 0 Å². The third-order valence-corrected chi connectivity index (χ3v) is 3.92. The average molecular weight is 239 g/mol. The van der Waals surface area contributed by atoms with E-state index in [1.165, 1.54) is 5.71 Å². The molecule has 4 nitrogen and oxygen atoms in total. The van der Waals surface area contributed by atoms with Gasteiger partial charge in [0.15, 0.2) is 0 Å². The van der Waals surface area contributed by atoms with Crippen molar-refractivity contribution in [2.75, 3.05) is 13.1 Å². The van der Waals surface area contributed by atoms with Gasteiger partial charge in [-0.3, -0.25) is 4.90 Å². The Hall–Kier alpha value is -0.610. The second-order valence-electron chi connectivity index (χ2n) is 5.84. The summed E-state index contributed by atoms with van der Waals surface area (Å²) in [6.07, 6.45) is 2.88. The van der Waals surface area contributed by atoms with E-state index >= 15 is 0 Å². The van der Waals surface area contributed by atoms with Gasteiger partial charge in [0.2, 0.25) is 0 Å². The molecular weight excluding hydrogens is 214 g/mol. The summed E-state index contributed by atoms with van der Waals surface area (Å²) in [5.41, 5.74) is 4.42. The lowest BCUT2D eigenvalue weighted by atomic mass is 9.95. The topological polar surface area (TPSA) is 47.9 Å². The number of rotatable bonds is 3. The van der Waals surface area contributed by atoms with Crippen LogP contribution in [0.5, 0.6) is 0 Å². The fourth-order valence-electron chi connectivity index (χ4n) is 2.87. The van der Waals surface area contributed by atoms with Gasteiger partial charge >= 0.3 is 0 Å². The normalized spacial score (nSPS) is 31.7. The second-order valence-corrected chi connectivity index (χ2v) is 5.84. The number of fused-ring (bicyclic) bond motifs is 1. The van der Waals surface area contributed by atoms with Gasteiger partial charge in [-0.1, -0.05) is 13.8 Å². The van der Waals surface area contributed by atoms with E-state index in [0.717, 1.165) is 32.4 Å². The average Bonchev–Trinajstić information content (AvgIpc) is 2.51. The van der Waals surface area contributed by atoms with E-state index in [0.29, 0.717) is 17.9 Å². The lowest BCUT2D eigenvalue weighted by molar-refractivity contribution is -0.0119. The van der Waals surface area contributed by atoms with Gasteiger partial charge < -0.3 is 10.5 Å². The van der Waals surface area contributed by atoms with E-state index in [9.17, 15) is 5.11 Å². The summed E-state index contributed by atoms with van der Waals surface area (Å²) in [7, 11) is 0. The Morgan fingerprint density at radius 1 is 1.53 bits per heavy atom. The highest BCUT2D eigenvalue weighted by Crippen LogP contribution is 2.24. The molecule has 17 heavy (non-hydrogen) atoms. The first-order valence-corrected chi connectivity index (χ1v) is 6.79. The number of hydrogen-bond acceptors (Lipinski definition) is 4. The molecule has 0 aromatic carbocycles. The molecule has 1 saturated heterocycles. The van der Waals surface area contributed by atoms with Gasteiger partial charge in [0.25, 0.3) is 0 Å². The molecule has 0 radical (unpaired) electrons. The summed E-state index contributed by atoms with van der Waals surface area (Å²) in [5.74, 6) is 1.03. The second kappa shape index (κ2) is 5.36. The van der Waals surface area contributed by atoms with Crippen molar-refractivity contribution >= 4 is 5.71 Å². The highest BCUT2D eigenvalue weighted by molar-refractivity contribution is 5.86. The third kappa shape index (κ3) is 2.99. The van der Waals surface area contributed by atoms with Crippen LogP contribution in [-0.2, 0) is 0 Å². The first-order valence-electron chi connectivity index (χ1n) is 6.79. The van der Waals surface area contributed by atoms with Crippen molar-refractivity contribution in [3.05, 3.63) is 0 Å². The smallest absolute Gasteiger partial charge is 0.107 e. The van der Waals surface area contributed by atoms with E-state index in [2.05, 4.69) is 36.2 Å². The molecule has 2 aliphatic rings. The summed E-state index contributed by atoms with van der Waals surface area (Å²) in [5, 5.41) is 14.6. The minimum atomic E-state index is -0.290. The highest BCUT2D eigenvalue weighted by Gasteiger charge is 2.34. The Bertz CT molecular complexity index is 290. The van der Waals surface area contributed by atoms with Crippen LogP contribution in [0.25, 0.3) is 0 Å². The Kier molecular flexibility index (Phi) is 4.05. The van der Waals surface area contributed by atoms with Crippen molar-refractivity contribution < 1.29 is 5.11 Å². The minimum Gasteiger partial charge on any atom is -0.378 e. The maximum Gasteiger partial charge on any atom is 0.107 e. The molecule has 98 valence electrons. The van der Waals surface area contributed by atoms with Gasteiger partial charge in [-0.15, -0.1) is 0 Å². The Labute approximate surface area is 104 Å². The van der Waals surface area contributed by atoms with E-state index in [1.807, 2.05) is 0 Å². The zero-order valence-electron chi connectivity index (χ0n) is 11.2. The first-order chi connectivity index (χ1) is 8.08. The van der Waals surface area contributed by atoms with Gasteiger partial charge in [-0.25, -0.2) is 0 Å². The molecule has 3 unspecified atom stereocenters. The largest absolute Gasteiger partial charge is 0.378 e. The maximum atomic E-state index is 10.2. The van der Waals surface area contributed by atoms with E-state index in [-0.39, 0.29) is 6.23 Å². The van der Waals surface area contributed by atoms with E-state index in [1.54, 1.807) is 0 Å². The lowest BCUT2D eigenvalue weighted by Crippen LogP contribution is -2.42. The zero-order chi connectivity index (χ0) is 12.4. The molecule has 2 heterocycles. The van der Waals surface area contributed by atoms with Crippen molar-refractivity contribution in [2.45, 2.75) is 52.3 Å². The summed E-state index contributed by atoms with van der Waals surface area (Å²) in [6.45, 7) is 8.37. The molecular formula is C13H25N3O. The van der Waals surface area contributed by atoms with Crippen LogP contribution in [0.1, 0.15) is 40.0 Å². The van der Waals surface area contributed by atoms with Crippen LogP contribution >= 0.6 is 0 Å². The number of hydrazone groups is 1. The van der Waals surface area contributed by atoms with Crippen LogP contribution in [0.2, 0.25) is 0 Å². The number of nitrogens with zero attached hydrogens (tertiary/aromatic N) is 2. The number of likely N-dealkylation sites (tertiary alicyclic amines) is 1. The molecule has 2 rings (SSSR count). The van der Waals surface area contributed by atoms with Crippen LogP contribution in [0, 0.1) is 11.8 Å². The van der Waals surface area contributed by atoms with Crippen LogP contribution in [0.3, 0.4) is 0 Å².